The average Bonchev–Trinajstić information content (AvgIpc) is 2.76. The predicted molar refractivity (Wildman–Crippen MR) is 54.3 cm³/mol. The second kappa shape index (κ2) is 3.98. The monoisotopic (exact) mass is 214 g/mol. The molecule has 0 amide bonds. The summed E-state index contributed by atoms with van der Waals surface area (Å²) >= 11 is 1.69. The number of hydrogen-bond acceptors (Lipinski definition) is 4. The predicted octanol–water partition coefficient (Wildman–Crippen LogP) is 1.41. The van der Waals surface area contributed by atoms with E-state index in [-0.39, 0.29) is 12.7 Å². The Kier molecular flexibility index (Phi) is 2.88. The summed E-state index contributed by atoms with van der Waals surface area (Å²) in [7, 11) is 0. The van der Waals surface area contributed by atoms with Crippen molar-refractivity contribution in [1.29, 1.82) is 0 Å². The van der Waals surface area contributed by atoms with Crippen molar-refractivity contribution < 1.29 is 14.6 Å². The molecule has 78 valence electrons. The highest BCUT2D eigenvalue weighted by Crippen LogP contribution is 2.28. The lowest BCUT2D eigenvalue weighted by Gasteiger charge is -2.22. The van der Waals surface area contributed by atoms with Crippen molar-refractivity contribution in [2.75, 3.05) is 13.2 Å². The fourth-order valence-electron chi connectivity index (χ4n) is 1.60. The summed E-state index contributed by atoms with van der Waals surface area (Å²) in [6, 6.07) is 4.08. The minimum absolute atomic E-state index is 0.0278. The molecule has 1 saturated heterocycles. The lowest BCUT2D eigenvalue weighted by molar-refractivity contribution is -0.155. The quantitative estimate of drug-likeness (QED) is 0.827. The second-order valence-corrected chi connectivity index (χ2v) is 4.66. The molecule has 2 atom stereocenters. The van der Waals surface area contributed by atoms with Gasteiger partial charge in [-0.25, -0.2) is 0 Å². The number of hydrogen-bond donors (Lipinski definition) is 1. The molecule has 2 unspecified atom stereocenters. The van der Waals surface area contributed by atoms with Gasteiger partial charge in [0, 0.05) is 11.3 Å². The Morgan fingerprint density at radius 1 is 1.71 bits per heavy atom. The zero-order chi connectivity index (χ0) is 10.0. The van der Waals surface area contributed by atoms with E-state index in [0.717, 1.165) is 6.42 Å². The number of aliphatic hydroxyl groups excluding tert-OH is 1. The molecule has 2 rings (SSSR count). The van der Waals surface area contributed by atoms with Crippen LogP contribution >= 0.6 is 11.3 Å². The Balaban J connectivity index is 1.97. The molecule has 1 aliphatic heterocycles. The van der Waals surface area contributed by atoms with E-state index in [1.54, 1.807) is 11.3 Å². The molecule has 1 aliphatic rings. The molecule has 0 bridgehead atoms. The molecular formula is C10H14O3S. The van der Waals surface area contributed by atoms with Gasteiger partial charge in [0.1, 0.15) is 6.10 Å². The van der Waals surface area contributed by atoms with Crippen LogP contribution in [0.2, 0.25) is 0 Å². The van der Waals surface area contributed by atoms with E-state index >= 15 is 0 Å². The first kappa shape index (κ1) is 10.1. The zero-order valence-electron chi connectivity index (χ0n) is 8.10. The maximum Gasteiger partial charge on any atom is 0.171 e. The average molecular weight is 214 g/mol. The van der Waals surface area contributed by atoms with E-state index in [0.29, 0.717) is 6.61 Å². The molecule has 14 heavy (non-hydrogen) atoms. The third kappa shape index (κ3) is 2.15. The summed E-state index contributed by atoms with van der Waals surface area (Å²) in [5.41, 5.74) is 0. The molecule has 1 aromatic rings. The maximum atomic E-state index is 8.92. The van der Waals surface area contributed by atoms with Crippen LogP contribution in [0, 0.1) is 0 Å². The molecule has 4 heteroatoms. The summed E-state index contributed by atoms with van der Waals surface area (Å²) in [4.78, 5) is 1.24. The van der Waals surface area contributed by atoms with Crippen LogP contribution in [-0.4, -0.2) is 30.2 Å². The van der Waals surface area contributed by atoms with Crippen molar-refractivity contribution in [2.24, 2.45) is 0 Å². The molecule has 0 spiro atoms. The van der Waals surface area contributed by atoms with Crippen molar-refractivity contribution in [3.05, 3.63) is 22.4 Å². The van der Waals surface area contributed by atoms with Gasteiger partial charge in [-0.2, -0.15) is 0 Å². The van der Waals surface area contributed by atoms with Gasteiger partial charge < -0.3 is 14.6 Å². The lowest BCUT2D eigenvalue weighted by Crippen LogP contribution is -2.29. The van der Waals surface area contributed by atoms with Crippen LogP contribution < -0.4 is 0 Å². The third-order valence-electron chi connectivity index (χ3n) is 2.27. The topological polar surface area (TPSA) is 38.7 Å². The molecule has 2 heterocycles. The van der Waals surface area contributed by atoms with Gasteiger partial charge in [-0.1, -0.05) is 6.07 Å². The van der Waals surface area contributed by atoms with Crippen LogP contribution in [0.1, 0.15) is 11.8 Å². The SMILES string of the molecule is CC1(Cc2cccs2)OCC(CO)O1. The largest absolute Gasteiger partial charge is 0.394 e. The first-order chi connectivity index (χ1) is 6.72. The standard InChI is InChI=1S/C10H14O3S/c1-10(5-9-3-2-4-14-9)12-7-8(6-11)13-10/h2-4,8,11H,5-7H2,1H3. The number of aliphatic hydroxyl groups is 1. The highest BCUT2D eigenvalue weighted by Gasteiger charge is 2.37. The van der Waals surface area contributed by atoms with Crippen LogP contribution in [-0.2, 0) is 15.9 Å². The van der Waals surface area contributed by atoms with Crippen LogP contribution in [0.4, 0.5) is 0 Å². The van der Waals surface area contributed by atoms with Gasteiger partial charge in [-0.3, -0.25) is 0 Å². The summed E-state index contributed by atoms with van der Waals surface area (Å²) in [5.74, 6) is -0.557. The van der Waals surface area contributed by atoms with Crippen molar-refractivity contribution in [2.45, 2.75) is 25.2 Å². The van der Waals surface area contributed by atoms with Crippen molar-refractivity contribution in [3.8, 4) is 0 Å². The molecule has 1 aromatic heterocycles. The molecular weight excluding hydrogens is 200 g/mol. The minimum atomic E-state index is -0.557. The van der Waals surface area contributed by atoms with Crippen molar-refractivity contribution >= 4 is 11.3 Å². The lowest BCUT2D eigenvalue weighted by atomic mass is 10.2. The normalized spacial score (nSPS) is 32.3. The van der Waals surface area contributed by atoms with Gasteiger partial charge in [-0.15, -0.1) is 11.3 Å². The van der Waals surface area contributed by atoms with E-state index in [1.165, 1.54) is 4.88 Å². The van der Waals surface area contributed by atoms with Crippen LogP contribution in [0.15, 0.2) is 17.5 Å². The number of thiophene rings is 1. The van der Waals surface area contributed by atoms with E-state index in [1.807, 2.05) is 18.4 Å². The fourth-order valence-corrected chi connectivity index (χ4v) is 2.44. The van der Waals surface area contributed by atoms with E-state index in [9.17, 15) is 0 Å². The minimum Gasteiger partial charge on any atom is -0.394 e. The molecule has 0 radical (unpaired) electrons. The number of ether oxygens (including phenoxy) is 2. The first-order valence-electron chi connectivity index (χ1n) is 4.67. The van der Waals surface area contributed by atoms with E-state index < -0.39 is 5.79 Å². The Morgan fingerprint density at radius 3 is 3.14 bits per heavy atom. The third-order valence-corrected chi connectivity index (χ3v) is 3.15. The van der Waals surface area contributed by atoms with E-state index in [2.05, 4.69) is 6.07 Å². The maximum absolute atomic E-state index is 8.92. The second-order valence-electron chi connectivity index (χ2n) is 3.62. The smallest absolute Gasteiger partial charge is 0.171 e. The molecule has 1 N–H and O–H groups in total. The van der Waals surface area contributed by atoms with Crippen LogP contribution in [0.25, 0.3) is 0 Å². The Bertz CT molecular complexity index is 286. The van der Waals surface area contributed by atoms with Gasteiger partial charge >= 0.3 is 0 Å². The van der Waals surface area contributed by atoms with Crippen LogP contribution in [0.3, 0.4) is 0 Å². The Morgan fingerprint density at radius 2 is 2.57 bits per heavy atom. The van der Waals surface area contributed by atoms with Crippen LogP contribution in [0.5, 0.6) is 0 Å². The number of rotatable bonds is 3. The highest BCUT2D eigenvalue weighted by atomic mass is 32.1. The molecule has 3 nitrogen and oxygen atoms in total. The Labute approximate surface area is 87.3 Å². The molecule has 1 fully saturated rings. The summed E-state index contributed by atoms with van der Waals surface area (Å²) in [6.45, 7) is 2.43. The van der Waals surface area contributed by atoms with Crippen molar-refractivity contribution in [3.63, 3.8) is 0 Å². The first-order valence-corrected chi connectivity index (χ1v) is 5.55. The zero-order valence-corrected chi connectivity index (χ0v) is 8.92. The molecule has 0 aliphatic carbocycles. The summed E-state index contributed by atoms with van der Waals surface area (Å²) in [6.07, 6.45) is 0.584. The van der Waals surface area contributed by atoms with Gasteiger partial charge in [0.05, 0.1) is 13.2 Å². The highest BCUT2D eigenvalue weighted by molar-refractivity contribution is 7.09. The molecule has 0 aromatic carbocycles. The fraction of sp³-hybridized carbons (Fsp3) is 0.600. The van der Waals surface area contributed by atoms with E-state index in [4.69, 9.17) is 14.6 Å². The summed E-state index contributed by atoms with van der Waals surface area (Å²) < 4.78 is 11.1. The van der Waals surface area contributed by atoms with Gasteiger partial charge in [0.25, 0.3) is 0 Å². The van der Waals surface area contributed by atoms with Gasteiger partial charge in [0.2, 0.25) is 0 Å². The Hall–Kier alpha value is -0.420. The van der Waals surface area contributed by atoms with Gasteiger partial charge in [-0.05, 0) is 18.4 Å². The van der Waals surface area contributed by atoms with Gasteiger partial charge in [0.15, 0.2) is 5.79 Å². The van der Waals surface area contributed by atoms with Crippen molar-refractivity contribution in [1.82, 2.24) is 0 Å². The molecule has 0 saturated carbocycles. The summed E-state index contributed by atoms with van der Waals surface area (Å²) in [5, 5.41) is 11.0.